The zero-order valence-corrected chi connectivity index (χ0v) is 44.5. The highest BCUT2D eigenvalue weighted by molar-refractivity contribution is 6.80. The summed E-state index contributed by atoms with van der Waals surface area (Å²) in [5.41, 5.74) is 11.6. The number of epoxide rings is 1. The Morgan fingerprint density at radius 2 is 1.32 bits per heavy atom. The number of aliphatic hydroxyl groups is 2. The van der Waals surface area contributed by atoms with Gasteiger partial charge in [-0.1, -0.05) is 6.92 Å². The van der Waals surface area contributed by atoms with Crippen LogP contribution in [0.25, 0.3) is 0 Å². The Bertz CT molecular complexity index is 1120. The number of nitrogens with one attached hydrogen (secondary N) is 3. The van der Waals surface area contributed by atoms with Crippen LogP contribution in [0, 0.1) is 0 Å². The molecule has 0 aliphatic carbocycles. The predicted octanol–water partition coefficient (Wildman–Crippen LogP) is -2.95. The van der Waals surface area contributed by atoms with Crippen molar-refractivity contribution in [2.45, 2.75) is 69.1 Å². The molecular weight excluding hydrogens is 911 g/mol. The normalized spacial score (nSPS) is 28.4. The summed E-state index contributed by atoms with van der Waals surface area (Å²) in [5, 5.41) is 31.8. The largest absolute Gasteiger partial charge is 0.490 e. The van der Waals surface area contributed by atoms with Crippen molar-refractivity contribution in [3.05, 3.63) is 0 Å². The van der Waals surface area contributed by atoms with Crippen LogP contribution in [0.5, 0.6) is 0 Å². The van der Waals surface area contributed by atoms with E-state index in [0.717, 1.165) is 91.5 Å². The maximum atomic E-state index is 11.7. The van der Waals surface area contributed by atoms with Gasteiger partial charge >= 0.3 is 26.4 Å². The minimum Gasteiger partial charge on any atom is -0.390 e. The highest BCUT2D eigenvalue weighted by atomic mass is 28.5. The fraction of sp³-hybridized carbons (Fsp3) is 1.00. The average molecular weight is 1010 g/mol. The molecule has 0 aromatic rings. The third-order valence-electron chi connectivity index (χ3n) is 11.4. The fourth-order valence-electron chi connectivity index (χ4n) is 7.31. The van der Waals surface area contributed by atoms with E-state index in [0.29, 0.717) is 78.4 Å². The van der Waals surface area contributed by atoms with E-state index >= 15 is 0 Å². The molecule has 0 bridgehead atoms. The van der Waals surface area contributed by atoms with Crippen molar-refractivity contribution in [2.75, 3.05) is 199 Å². The Morgan fingerprint density at radius 1 is 0.742 bits per heavy atom. The number of nitrogens with two attached hydrogens (primary N) is 2. The quantitative estimate of drug-likeness (QED) is 0.0226. The fourth-order valence-corrected chi connectivity index (χ4v) is 17.1. The first-order valence-corrected chi connectivity index (χ1v) is 30.3. The van der Waals surface area contributed by atoms with Crippen molar-refractivity contribution < 1.29 is 60.3 Å². The van der Waals surface area contributed by atoms with Gasteiger partial charge in [0.25, 0.3) is 0 Å². The van der Waals surface area contributed by atoms with Crippen LogP contribution in [0.2, 0.25) is 18.1 Å². The lowest BCUT2D eigenvalue weighted by Crippen LogP contribution is -2.62. The van der Waals surface area contributed by atoms with Crippen LogP contribution < -0.4 is 27.4 Å². The lowest BCUT2D eigenvalue weighted by molar-refractivity contribution is 0.0336. The van der Waals surface area contributed by atoms with Crippen molar-refractivity contribution in [3.63, 3.8) is 0 Å². The molecule has 0 aromatic carbocycles. The van der Waals surface area contributed by atoms with E-state index in [1.807, 2.05) is 0 Å². The molecular formula is C41H95N9O13Si3. The Morgan fingerprint density at radius 3 is 1.83 bits per heavy atom. The summed E-state index contributed by atoms with van der Waals surface area (Å²) >= 11 is 0. The zero-order valence-electron chi connectivity index (χ0n) is 41.5. The molecule has 2 aliphatic heterocycles. The Labute approximate surface area is 400 Å². The van der Waals surface area contributed by atoms with Gasteiger partial charge in [0.15, 0.2) is 0 Å². The van der Waals surface area contributed by atoms with Gasteiger partial charge in [0.1, 0.15) is 6.10 Å². The van der Waals surface area contributed by atoms with E-state index < -0.39 is 38.6 Å². The standard InChI is InChI=1S/C41H95N9O13Si3/c1-6-16-48(17-11-43)23-25-50(22-21-47(2)18-13-44-12-10-42)26-24-49-19-14-45-33-39(51)35-58-27-7-30-64(53,55-3)62-66(57-5,32-9-29-60-37-41-38-61-41)63-65(54,56-4)31-8-28-59-36-40(52)34-46-15-20-49/h39-41,44-46,51-54H,6-38,42-43H2,1-5H3. The number of β-amino-alcohol motifs (C(OH)–C–C–N with tert-alkyl or cyclic N) is 2. The Kier molecular flexibility index (Phi) is 35.2. The maximum Gasteiger partial charge on any atom is 0.490 e. The number of rotatable bonds is 27. The van der Waals surface area contributed by atoms with Gasteiger partial charge in [-0.2, -0.15) is 0 Å². The zero-order chi connectivity index (χ0) is 48.4. The van der Waals surface area contributed by atoms with Gasteiger partial charge in [0, 0.05) is 177 Å². The summed E-state index contributed by atoms with van der Waals surface area (Å²) < 4.78 is 52.4. The van der Waals surface area contributed by atoms with Gasteiger partial charge in [-0.3, -0.25) is 9.80 Å². The number of aliphatic hydroxyl groups excluding tert-OH is 2. The van der Waals surface area contributed by atoms with Gasteiger partial charge < -0.3 is 97.5 Å². The number of hydrogen-bond acceptors (Lipinski definition) is 22. The van der Waals surface area contributed by atoms with E-state index in [4.69, 9.17) is 51.9 Å². The number of nitrogens with zero attached hydrogens (tertiary/aromatic N) is 4. The van der Waals surface area contributed by atoms with Crippen LogP contribution in [0.15, 0.2) is 0 Å². The van der Waals surface area contributed by atoms with Gasteiger partial charge in [-0.05, 0) is 39.3 Å². The first kappa shape index (κ1) is 61.9. The highest BCUT2D eigenvalue weighted by Crippen LogP contribution is 2.29. The number of likely N-dealkylation sites (N-methyl/N-ethyl adjacent to an activating group) is 1. The van der Waals surface area contributed by atoms with Crippen LogP contribution in [0.1, 0.15) is 32.6 Å². The van der Waals surface area contributed by atoms with Crippen molar-refractivity contribution >= 4 is 26.4 Å². The summed E-state index contributed by atoms with van der Waals surface area (Å²) in [4.78, 5) is 33.1. The summed E-state index contributed by atoms with van der Waals surface area (Å²) in [6.45, 7) is 19.5. The monoisotopic (exact) mass is 1010 g/mol. The predicted molar refractivity (Wildman–Crippen MR) is 261 cm³/mol. The number of ether oxygens (including phenoxy) is 4. The van der Waals surface area contributed by atoms with E-state index in [-0.39, 0.29) is 50.7 Å². The Balaban J connectivity index is 2.10. The van der Waals surface area contributed by atoms with Gasteiger partial charge in [-0.15, -0.1) is 0 Å². The molecule has 394 valence electrons. The molecule has 2 aliphatic rings. The van der Waals surface area contributed by atoms with Gasteiger partial charge in [-0.25, -0.2) is 0 Å². The molecule has 0 spiro atoms. The molecule has 0 saturated carbocycles. The first-order chi connectivity index (χ1) is 31.9. The maximum absolute atomic E-state index is 11.7. The molecule has 11 N–H and O–H groups in total. The SMILES string of the molecule is CCCN(CCN)CCN(CCN(C)CCNCCN)CCN1CCNCC(O)COCCC[Si](O)(OC)O[Si](CCCOCC2CO2)(OC)O[Si](O)(OC)CCCOCC(O)CNCC1. The molecule has 22 nitrogen and oxygen atoms in total. The Hall–Kier alpha value is -0.229. The molecule has 66 heavy (non-hydrogen) atoms. The van der Waals surface area contributed by atoms with Crippen molar-refractivity contribution in [1.82, 2.24) is 35.6 Å². The van der Waals surface area contributed by atoms with Crippen molar-refractivity contribution in [2.24, 2.45) is 11.5 Å². The third kappa shape index (κ3) is 29.8. The molecule has 2 rings (SSSR count). The molecule has 25 heteroatoms. The van der Waals surface area contributed by atoms with E-state index in [1.54, 1.807) is 0 Å². The second kappa shape index (κ2) is 37.5. The lowest BCUT2D eigenvalue weighted by atomic mass is 10.3. The second-order valence-corrected chi connectivity index (χ2v) is 25.9. The number of hydrogen-bond donors (Lipinski definition) is 9. The summed E-state index contributed by atoms with van der Waals surface area (Å²) in [5.74, 6) is 0. The molecule has 0 amide bonds. The average Bonchev–Trinajstić information content (AvgIpc) is 4.14. The molecule has 2 fully saturated rings. The molecule has 5 unspecified atom stereocenters. The van der Waals surface area contributed by atoms with Crippen molar-refractivity contribution in [1.29, 1.82) is 0 Å². The summed E-state index contributed by atoms with van der Waals surface area (Å²) in [6.07, 6.45) is 0.977. The van der Waals surface area contributed by atoms with Crippen LogP contribution in [0.3, 0.4) is 0 Å². The van der Waals surface area contributed by atoms with E-state index in [1.165, 1.54) is 21.3 Å². The van der Waals surface area contributed by atoms with E-state index in [9.17, 15) is 19.8 Å². The lowest BCUT2D eigenvalue weighted by Gasteiger charge is -2.38. The first-order valence-electron chi connectivity index (χ1n) is 24.5. The smallest absolute Gasteiger partial charge is 0.390 e. The third-order valence-corrected chi connectivity index (χ3v) is 21.3. The highest BCUT2D eigenvalue weighted by Gasteiger charge is 2.56. The molecule has 2 heterocycles. The van der Waals surface area contributed by atoms with Crippen LogP contribution in [-0.2, 0) is 40.5 Å². The summed E-state index contributed by atoms with van der Waals surface area (Å²) in [6, 6.07) is 0.497. The van der Waals surface area contributed by atoms with Crippen LogP contribution in [0.4, 0.5) is 0 Å². The topological polar surface area (TPSA) is 268 Å². The van der Waals surface area contributed by atoms with Gasteiger partial charge in [0.05, 0.1) is 38.6 Å². The van der Waals surface area contributed by atoms with Crippen LogP contribution >= 0.6 is 0 Å². The molecule has 2 saturated heterocycles. The van der Waals surface area contributed by atoms with Crippen LogP contribution in [-0.4, -0.2) is 283 Å². The second-order valence-electron chi connectivity index (χ2n) is 17.3. The van der Waals surface area contributed by atoms with Crippen molar-refractivity contribution in [3.8, 4) is 0 Å². The minimum atomic E-state index is -3.92. The molecule has 0 radical (unpaired) electrons. The minimum absolute atomic E-state index is 0.116. The summed E-state index contributed by atoms with van der Waals surface area (Å²) in [7, 11) is -5.31. The molecule has 0 aromatic heterocycles. The van der Waals surface area contributed by atoms with Gasteiger partial charge in [0.2, 0.25) is 0 Å². The molecule has 5 atom stereocenters. The van der Waals surface area contributed by atoms with E-state index in [2.05, 4.69) is 49.5 Å².